The van der Waals surface area contributed by atoms with E-state index in [9.17, 15) is 4.79 Å². The molecule has 0 N–H and O–H groups in total. The number of hydrogen-bond acceptors (Lipinski definition) is 7. The topological polar surface area (TPSA) is 71.0 Å². The smallest absolute Gasteiger partial charge is 0.325 e. The number of ether oxygens (including phenoxy) is 2. The monoisotopic (exact) mass is 519 g/mol. The maximum Gasteiger partial charge on any atom is 0.325 e. The van der Waals surface area contributed by atoms with Gasteiger partial charge in [0.25, 0.3) is 0 Å². The van der Waals surface area contributed by atoms with Gasteiger partial charge in [0.05, 0.1) is 38.0 Å². The van der Waals surface area contributed by atoms with Gasteiger partial charge in [0.1, 0.15) is 22.5 Å². The van der Waals surface area contributed by atoms with Crippen LogP contribution in [-0.2, 0) is 13.1 Å². The van der Waals surface area contributed by atoms with E-state index in [-0.39, 0.29) is 17.5 Å². The van der Waals surface area contributed by atoms with Crippen LogP contribution < -0.4 is 9.47 Å². The molecular formula is C28H33N5O3S. The average Bonchev–Trinajstić information content (AvgIpc) is 3.43. The van der Waals surface area contributed by atoms with Crippen molar-refractivity contribution in [1.82, 2.24) is 23.4 Å². The minimum atomic E-state index is -0.288. The zero-order valence-corrected chi connectivity index (χ0v) is 22.7. The number of carbonyl (C=O) groups is 1. The molecule has 6 rings (SSSR count). The van der Waals surface area contributed by atoms with Gasteiger partial charge in [-0.2, -0.15) is 8.75 Å². The number of likely N-dealkylation sites (tertiary alicyclic amines) is 1. The number of rotatable bonds is 5. The highest BCUT2D eigenvalue weighted by molar-refractivity contribution is 7.00. The molecule has 1 atom stereocenters. The molecule has 194 valence electrons. The minimum Gasteiger partial charge on any atom is -0.497 e. The lowest BCUT2D eigenvalue weighted by Gasteiger charge is -2.44. The Balaban J connectivity index is 1.31. The standard InChI is InChI=1S/C28H33N5O3S/c1-5-33-27(34)32-17-20-14-21(35-3)15-23(36-4)25(20)18(2)13-24(32)28(33)9-11-31(12-10-28)16-19-7-6-8-22-26(19)30-37-29-22/h6-8,13-15,18H,5,9-12,16-17H2,1-4H3/t18-/m0/s1. The van der Waals surface area contributed by atoms with Crippen LogP contribution in [0.25, 0.3) is 11.0 Å². The molecule has 3 aliphatic rings. The van der Waals surface area contributed by atoms with Crippen LogP contribution in [0.3, 0.4) is 0 Å². The fourth-order valence-corrected chi connectivity index (χ4v) is 7.14. The van der Waals surface area contributed by atoms with E-state index in [0.717, 1.165) is 71.8 Å². The molecule has 0 unspecified atom stereocenters. The number of urea groups is 1. The van der Waals surface area contributed by atoms with Crippen LogP contribution in [0.2, 0.25) is 0 Å². The highest BCUT2D eigenvalue weighted by atomic mass is 32.1. The molecule has 2 fully saturated rings. The predicted octanol–water partition coefficient (Wildman–Crippen LogP) is 5.00. The summed E-state index contributed by atoms with van der Waals surface area (Å²) in [6.45, 7) is 8.20. The highest BCUT2D eigenvalue weighted by Crippen LogP contribution is 2.49. The van der Waals surface area contributed by atoms with Crippen molar-refractivity contribution < 1.29 is 14.3 Å². The summed E-state index contributed by atoms with van der Waals surface area (Å²) >= 11 is 1.27. The van der Waals surface area contributed by atoms with E-state index in [1.54, 1.807) is 14.2 Å². The van der Waals surface area contributed by atoms with Gasteiger partial charge >= 0.3 is 6.03 Å². The highest BCUT2D eigenvalue weighted by Gasteiger charge is 2.54. The van der Waals surface area contributed by atoms with E-state index in [1.807, 2.05) is 17.0 Å². The Bertz CT molecular complexity index is 1380. The third-order valence-corrected chi connectivity index (χ3v) is 8.90. The van der Waals surface area contributed by atoms with Crippen molar-refractivity contribution in [2.45, 2.75) is 51.2 Å². The second-order valence-corrected chi connectivity index (χ2v) is 10.7. The second-order valence-electron chi connectivity index (χ2n) is 10.2. The van der Waals surface area contributed by atoms with Crippen molar-refractivity contribution in [3.8, 4) is 11.5 Å². The van der Waals surface area contributed by atoms with Crippen LogP contribution in [0, 0.1) is 0 Å². The van der Waals surface area contributed by atoms with Gasteiger partial charge in [-0.25, -0.2) is 4.79 Å². The lowest BCUT2D eigenvalue weighted by Crippen LogP contribution is -2.53. The van der Waals surface area contributed by atoms with Gasteiger partial charge < -0.3 is 14.4 Å². The summed E-state index contributed by atoms with van der Waals surface area (Å²) < 4.78 is 20.2. The van der Waals surface area contributed by atoms with Crippen molar-refractivity contribution in [3.63, 3.8) is 0 Å². The van der Waals surface area contributed by atoms with Crippen LogP contribution in [0.5, 0.6) is 11.5 Å². The lowest BCUT2D eigenvalue weighted by molar-refractivity contribution is 0.0890. The van der Waals surface area contributed by atoms with Crippen LogP contribution in [0.15, 0.2) is 42.1 Å². The zero-order chi connectivity index (χ0) is 25.7. The number of methoxy groups -OCH3 is 2. The molecule has 4 heterocycles. The summed E-state index contributed by atoms with van der Waals surface area (Å²) in [6, 6.07) is 10.3. The van der Waals surface area contributed by atoms with Gasteiger partial charge in [0.15, 0.2) is 0 Å². The molecule has 3 aromatic rings. The molecule has 2 amide bonds. The van der Waals surface area contributed by atoms with Crippen LogP contribution >= 0.6 is 11.7 Å². The van der Waals surface area contributed by atoms with E-state index in [2.05, 4.69) is 56.7 Å². The van der Waals surface area contributed by atoms with Gasteiger partial charge in [-0.15, -0.1) is 0 Å². The second kappa shape index (κ2) is 9.29. The van der Waals surface area contributed by atoms with E-state index < -0.39 is 0 Å². The number of allylic oxidation sites excluding steroid dienone is 1. The number of likely N-dealkylation sites (N-methyl/N-ethyl adjacent to an activating group) is 1. The van der Waals surface area contributed by atoms with E-state index in [1.165, 1.54) is 17.3 Å². The third kappa shape index (κ3) is 3.78. The first kappa shape index (κ1) is 24.2. The molecule has 2 aromatic carbocycles. The fourth-order valence-electron chi connectivity index (χ4n) is 6.58. The van der Waals surface area contributed by atoms with E-state index in [4.69, 9.17) is 9.47 Å². The van der Waals surface area contributed by atoms with Crippen LogP contribution in [0.1, 0.15) is 49.3 Å². The van der Waals surface area contributed by atoms with E-state index >= 15 is 0 Å². The molecule has 3 aliphatic heterocycles. The minimum absolute atomic E-state index is 0.0994. The number of carbonyl (C=O) groups excluding carboxylic acids is 1. The molecule has 1 spiro atoms. The maximum absolute atomic E-state index is 13.8. The predicted molar refractivity (Wildman–Crippen MR) is 144 cm³/mol. The van der Waals surface area contributed by atoms with Gasteiger partial charge in [-0.1, -0.05) is 25.1 Å². The molecule has 8 nitrogen and oxygen atoms in total. The van der Waals surface area contributed by atoms with Gasteiger partial charge in [0.2, 0.25) is 0 Å². The summed E-state index contributed by atoms with van der Waals surface area (Å²) in [5.74, 6) is 1.68. The van der Waals surface area contributed by atoms with Crippen molar-refractivity contribution in [2.75, 3.05) is 33.9 Å². The Morgan fingerprint density at radius 1 is 1.14 bits per heavy atom. The molecular weight excluding hydrogens is 486 g/mol. The zero-order valence-electron chi connectivity index (χ0n) is 21.9. The summed E-state index contributed by atoms with van der Waals surface area (Å²) in [4.78, 5) is 20.4. The molecule has 1 aromatic heterocycles. The van der Waals surface area contributed by atoms with Crippen molar-refractivity contribution >= 4 is 28.8 Å². The first-order chi connectivity index (χ1) is 18.0. The van der Waals surface area contributed by atoms with Gasteiger partial charge in [0, 0.05) is 49.4 Å². The van der Waals surface area contributed by atoms with Crippen molar-refractivity contribution in [2.24, 2.45) is 0 Å². The van der Waals surface area contributed by atoms with Crippen LogP contribution in [-0.4, -0.2) is 68.9 Å². The maximum atomic E-state index is 13.8. The number of amides is 2. The van der Waals surface area contributed by atoms with Gasteiger partial charge in [-0.3, -0.25) is 9.80 Å². The Morgan fingerprint density at radius 3 is 2.68 bits per heavy atom. The van der Waals surface area contributed by atoms with Gasteiger partial charge in [-0.05, 0) is 43.0 Å². The number of benzene rings is 2. The quantitative estimate of drug-likeness (QED) is 0.472. The molecule has 0 radical (unpaired) electrons. The molecule has 2 saturated heterocycles. The Kier molecular flexibility index (Phi) is 6.07. The summed E-state index contributed by atoms with van der Waals surface area (Å²) in [7, 11) is 3.36. The summed E-state index contributed by atoms with van der Waals surface area (Å²) in [6.07, 6.45) is 4.12. The average molecular weight is 520 g/mol. The number of nitrogens with zero attached hydrogens (tertiary/aromatic N) is 5. The SMILES string of the molecule is CCN1C(=O)N2Cc3cc(OC)cc(OC)c3[C@@H](C)C=C2C12CCN(Cc1cccc3nsnc13)CC2. The lowest BCUT2D eigenvalue weighted by atomic mass is 9.82. The number of fused-ring (bicyclic) bond motifs is 4. The first-order valence-electron chi connectivity index (χ1n) is 13.0. The number of aromatic nitrogens is 2. The Hall–Kier alpha value is -3.17. The fraction of sp³-hybridized carbons (Fsp3) is 0.464. The van der Waals surface area contributed by atoms with Crippen molar-refractivity contribution in [1.29, 1.82) is 0 Å². The number of hydrogen-bond donors (Lipinski definition) is 0. The Morgan fingerprint density at radius 2 is 1.95 bits per heavy atom. The molecule has 0 aliphatic carbocycles. The molecule has 0 saturated carbocycles. The van der Waals surface area contributed by atoms with E-state index in [0.29, 0.717) is 13.1 Å². The normalized spacial score (nSPS) is 21.1. The molecule has 9 heteroatoms. The molecule has 37 heavy (non-hydrogen) atoms. The number of piperidine rings is 1. The summed E-state index contributed by atoms with van der Waals surface area (Å²) in [5, 5.41) is 0. The first-order valence-corrected chi connectivity index (χ1v) is 13.7. The molecule has 0 bridgehead atoms. The van der Waals surface area contributed by atoms with Crippen LogP contribution in [0.4, 0.5) is 4.79 Å². The van der Waals surface area contributed by atoms with Crippen molar-refractivity contribution in [3.05, 3.63) is 58.8 Å². The Labute approximate surface area is 221 Å². The largest absolute Gasteiger partial charge is 0.497 e. The third-order valence-electron chi connectivity index (χ3n) is 8.36. The summed E-state index contributed by atoms with van der Waals surface area (Å²) in [5.41, 5.74) is 6.27.